The molecule has 1 aromatic carbocycles. The Morgan fingerprint density at radius 3 is 2.70 bits per heavy atom. The number of carboxylic acids is 1. The third-order valence-corrected chi connectivity index (χ3v) is 2.81. The smallest absolute Gasteiger partial charge is 0.339 e. The van der Waals surface area contributed by atoms with Gasteiger partial charge in [-0.15, -0.1) is 0 Å². The van der Waals surface area contributed by atoms with Gasteiger partial charge in [-0.1, -0.05) is 25.4 Å². The molecule has 1 aromatic rings. The van der Waals surface area contributed by atoms with Crippen molar-refractivity contribution in [1.29, 1.82) is 0 Å². The molecule has 1 amide bonds. The van der Waals surface area contributed by atoms with Gasteiger partial charge in [-0.25, -0.2) is 4.79 Å². The van der Waals surface area contributed by atoms with Crippen LogP contribution in [-0.4, -0.2) is 30.1 Å². The van der Waals surface area contributed by atoms with Crippen LogP contribution in [0.2, 0.25) is 5.02 Å². The van der Waals surface area contributed by atoms with Crippen LogP contribution in [0.25, 0.3) is 0 Å². The monoisotopic (exact) mass is 299 g/mol. The minimum atomic E-state index is -1.13. The molecule has 0 saturated carbocycles. The van der Waals surface area contributed by atoms with E-state index >= 15 is 0 Å². The average molecular weight is 300 g/mol. The zero-order valence-corrected chi connectivity index (χ0v) is 12.2. The SMILES string of the molecule is CC(C)CCNC(=O)COc1cc(Cl)ccc1C(=O)O. The number of carboxylic acid groups (broad SMARTS) is 1. The average Bonchev–Trinajstić information content (AvgIpc) is 2.35. The van der Waals surface area contributed by atoms with Crippen LogP contribution >= 0.6 is 11.6 Å². The fourth-order valence-corrected chi connectivity index (χ4v) is 1.65. The number of hydrogen-bond acceptors (Lipinski definition) is 3. The molecule has 0 aliphatic rings. The van der Waals surface area contributed by atoms with E-state index in [1.807, 2.05) is 0 Å². The summed E-state index contributed by atoms with van der Waals surface area (Å²) in [5.41, 5.74) is -0.0237. The highest BCUT2D eigenvalue weighted by Gasteiger charge is 2.13. The maximum absolute atomic E-state index is 11.5. The van der Waals surface area contributed by atoms with Gasteiger partial charge in [0, 0.05) is 11.6 Å². The first-order valence-electron chi connectivity index (χ1n) is 6.32. The number of amides is 1. The highest BCUT2D eigenvalue weighted by atomic mass is 35.5. The van der Waals surface area contributed by atoms with Gasteiger partial charge in [0.1, 0.15) is 11.3 Å². The summed E-state index contributed by atoms with van der Waals surface area (Å²) in [5.74, 6) is -0.828. The Morgan fingerprint density at radius 2 is 2.10 bits per heavy atom. The zero-order valence-electron chi connectivity index (χ0n) is 11.5. The lowest BCUT2D eigenvalue weighted by Gasteiger charge is -2.10. The second-order valence-electron chi connectivity index (χ2n) is 4.77. The highest BCUT2D eigenvalue weighted by Crippen LogP contribution is 2.23. The van der Waals surface area contributed by atoms with E-state index in [0.717, 1.165) is 6.42 Å². The number of halogens is 1. The Morgan fingerprint density at radius 1 is 1.40 bits per heavy atom. The van der Waals surface area contributed by atoms with Crippen LogP contribution in [0.3, 0.4) is 0 Å². The predicted octanol–water partition coefficient (Wildman–Crippen LogP) is 2.58. The molecule has 0 fully saturated rings. The zero-order chi connectivity index (χ0) is 15.1. The maximum atomic E-state index is 11.5. The molecule has 20 heavy (non-hydrogen) atoms. The molecule has 0 aromatic heterocycles. The summed E-state index contributed by atoms with van der Waals surface area (Å²) in [6.45, 7) is 4.46. The lowest BCUT2D eigenvalue weighted by molar-refractivity contribution is -0.123. The van der Waals surface area contributed by atoms with E-state index in [4.69, 9.17) is 21.4 Å². The fraction of sp³-hybridized carbons (Fsp3) is 0.429. The molecule has 0 aliphatic heterocycles. The Bertz CT molecular complexity index is 488. The maximum Gasteiger partial charge on any atom is 0.339 e. The van der Waals surface area contributed by atoms with Gasteiger partial charge in [0.05, 0.1) is 0 Å². The van der Waals surface area contributed by atoms with Gasteiger partial charge in [-0.2, -0.15) is 0 Å². The minimum absolute atomic E-state index is 0.0237. The molecular weight excluding hydrogens is 282 g/mol. The number of ether oxygens (including phenoxy) is 1. The van der Waals surface area contributed by atoms with Crippen molar-refractivity contribution in [3.63, 3.8) is 0 Å². The lowest BCUT2D eigenvalue weighted by Crippen LogP contribution is -2.30. The second kappa shape index (κ2) is 7.75. The molecule has 0 spiro atoms. The van der Waals surface area contributed by atoms with Gasteiger partial charge in [-0.3, -0.25) is 4.79 Å². The van der Waals surface area contributed by atoms with E-state index in [1.54, 1.807) is 0 Å². The van der Waals surface area contributed by atoms with Crippen LogP contribution in [0.1, 0.15) is 30.6 Å². The van der Waals surface area contributed by atoms with Gasteiger partial charge in [0.15, 0.2) is 6.61 Å². The van der Waals surface area contributed by atoms with Gasteiger partial charge < -0.3 is 15.2 Å². The van der Waals surface area contributed by atoms with E-state index in [-0.39, 0.29) is 23.8 Å². The molecule has 2 N–H and O–H groups in total. The summed E-state index contributed by atoms with van der Waals surface area (Å²) in [6.07, 6.45) is 0.878. The van der Waals surface area contributed by atoms with Crippen LogP contribution in [0.5, 0.6) is 5.75 Å². The number of carbonyl (C=O) groups excluding carboxylic acids is 1. The largest absolute Gasteiger partial charge is 0.483 e. The first-order valence-corrected chi connectivity index (χ1v) is 6.70. The van der Waals surface area contributed by atoms with Crippen molar-refractivity contribution in [3.8, 4) is 5.75 Å². The molecule has 0 aliphatic carbocycles. The third kappa shape index (κ3) is 5.48. The van der Waals surface area contributed by atoms with Crippen molar-refractivity contribution in [3.05, 3.63) is 28.8 Å². The first-order chi connectivity index (χ1) is 9.40. The molecule has 110 valence electrons. The first kappa shape index (κ1) is 16.3. The van der Waals surface area contributed by atoms with Crippen LogP contribution < -0.4 is 10.1 Å². The van der Waals surface area contributed by atoms with Gasteiger partial charge in [0.2, 0.25) is 0 Å². The number of nitrogens with one attached hydrogen (secondary N) is 1. The number of rotatable bonds is 7. The summed E-state index contributed by atoms with van der Waals surface area (Å²) in [5, 5.41) is 12.1. The van der Waals surface area contributed by atoms with E-state index in [2.05, 4.69) is 19.2 Å². The molecule has 0 atom stereocenters. The summed E-state index contributed by atoms with van der Waals surface area (Å²) in [7, 11) is 0. The molecule has 0 saturated heterocycles. The van der Waals surface area contributed by atoms with Crippen LogP contribution in [0.15, 0.2) is 18.2 Å². The second-order valence-corrected chi connectivity index (χ2v) is 5.20. The minimum Gasteiger partial charge on any atom is -0.483 e. The van der Waals surface area contributed by atoms with E-state index in [9.17, 15) is 9.59 Å². The Balaban J connectivity index is 2.54. The Hall–Kier alpha value is -1.75. The Kier molecular flexibility index (Phi) is 6.31. The number of hydrogen-bond donors (Lipinski definition) is 2. The number of benzene rings is 1. The van der Waals surface area contributed by atoms with Crippen molar-refractivity contribution in [2.45, 2.75) is 20.3 Å². The molecule has 0 bridgehead atoms. The molecule has 1 rings (SSSR count). The topological polar surface area (TPSA) is 75.6 Å². The fourth-order valence-electron chi connectivity index (χ4n) is 1.49. The van der Waals surface area contributed by atoms with Crippen molar-refractivity contribution >= 4 is 23.5 Å². The molecule has 0 heterocycles. The predicted molar refractivity (Wildman–Crippen MR) is 76.4 cm³/mol. The van der Waals surface area contributed by atoms with E-state index < -0.39 is 5.97 Å². The van der Waals surface area contributed by atoms with Crippen molar-refractivity contribution in [2.24, 2.45) is 5.92 Å². The highest BCUT2D eigenvalue weighted by molar-refractivity contribution is 6.30. The molecule has 5 nitrogen and oxygen atoms in total. The molecule has 0 unspecified atom stereocenters. The lowest BCUT2D eigenvalue weighted by atomic mass is 10.1. The summed E-state index contributed by atoms with van der Waals surface area (Å²) in [4.78, 5) is 22.5. The normalized spacial score (nSPS) is 10.4. The third-order valence-electron chi connectivity index (χ3n) is 2.58. The van der Waals surface area contributed by atoms with Crippen molar-refractivity contribution in [2.75, 3.05) is 13.2 Å². The van der Waals surface area contributed by atoms with Crippen molar-refractivity contribution in [1.82, 2.24) is 5.32 Å². The molecular formula is C14H18ClNO4. The van der Waals surface area contributed by atoms with Crippen LogP contribution in [0, 0.1) is 5.92 Å². The van der Waals surface area contributed by atoms with Gasteiger partial charge in [-0.05, 0) is 30.5 Å². The Labute approximate surface area is 122 Å². The van der Waals surface area contributed by atoms with E-state index in [0.29, 0.717) is 17.5 Å². The standard InChI is InChI=1S/C14H18ClNO4/c1-9(2)5-6-16-13(17)8-20-12-7-10(15)3-4-11(12)14(18)19/h3-4,7,9H,5-6,8H2,1-2H3,(H,16,17)(H,18,19). The number of carbonyl (C=O) groups is 2. The van der Waals surface area contributed by atoms with E-state index in [1.165, 1.54) is 18.2 Å². The molecule has 0 radical (unpaired) electrons. The quantitative estimate of drug-likeness (QED) is 0.811. The van der Waals surface area contributed by atoms with Crippen LogP contribution in [0.4, 0.5) is 0 Å². The summed E-state index contributed by atoms with van der Waals surface area (Å²) in [6, 6.07) is 4.18. The number of aromatic carboxylic acids is 1. The summed E-state index contributed by atoms with van der Waals surface area (Å²) < 4.78 is 5.22. The van der Waals surface area contributed by atoms with Crippen molar-refractivity contribution < 1.29 is 19.4 Å². The van der Waals surface area contributed by atoms with Gasteiger partial charge >= 0.3 is 5.97 Å². The van der Waals surface area contributed by atoms with Gasteiger partial charge in [0.25, 0.3) is 5.91 Å². The summed E-state index contributed by atoms with van der Waals surface area (Å²) >= 11 is 5.78. The van der Waals surface area contributed by atoms with Crippen LogP contribution in [-0.2, 0) is 4.79 Å². The molecule has 6 heteroatoms.